The summed E-state index contributed by atoms with van der Waals surface area (Å²) < 4.78 is 16.8. The lowest BCUT2D eigenvalue weighted by Gasteiger charge is -2.26. The monoisotopic (exact) mass is 534 g/mol. The summed E-state index contributed by atoms with van der Waals surface area (Å²) in [4.78, 5) is 12.6. The van der Waals surface area contributed by atoms with Crippen molar-refractivity contribution in [3.63, 3.8) is 0 Å². The van der Waals surface area contributed by atoms with Crippen LogP contribution >= 0.6 is 0 Å². The normalized spacial score (nSPS) is 11.7. The molecule has 0 amide bonds. The summed E-state index contributed by atoms with van der Waals surface area (Å²) in [5, 5.41) is 27.9. The summed E-state index contributed by atoms with van der Waals surface area (Å²) in [6.07, 6.45) is 0. The predicted octanol–water partition coefficient (Wildman–Crippen LogP) is 8.08. The summed E-state index contributed by atoms with van der Waals surface area (Å²) in [5.74, 6) is 0.853. The molecule has 206 valence electrons. The molecule has 0 atom stereocenters. The lowest BCUT2D eigenvalue weighted by molar-refractivity contribution is -0.384. The molecule has 0 radical (unpaired) electrons. The van der Waals surface area contributed by atoms with Crippen LogP contribution in [0, 0.1) is 10.1 Å². The van der Waals surface area contributed by atoms with Crippen molar-refractivity contribution in [1.82, 2.24) is 0 Å². The van der Waals surface area contributed by atoms with Gasteiger partial charge in [0, 0.05) is 43.0 Å². The van der Waals surface area contributed by atoms with E-state index in [0.29, 0.717) is 40.9 Å². The number of anilines is 1. The molecule has 0 saturated heterocycles. The number of azo groups is 2. The van der Waals surface area contributed by atoms with Crippen LogP contribution in [0.15, 0.2) is 81.1 Å². The van der Waals surface area contributed by atoms with Gasteiger partial charge in [0.15, 0.2) is 0 Å². The van der Waals surface area contributed by atoms with Crippen molar-refractivity contribution in [3.8, 4) is 11.5 Å². The van der Waals surface area contributed by atoms with Crippen LogP contribution in [0.2, 0.25) is 0 Å². The minimum Gasteiger partial charge on any atom is -0.494 e. The Labute approximate surface area is 228 Å². The Hall–Kier alpha value is -4.38. The highest BCUT2D eigenvalue weighted by Gasteiger charge is 2.13. The molecule has 11 nitrogen and oxygen atoms in total. The number of nitrogens with zero attached hydrogens (tertiary/aromatic N) is 6. The van der Waals surface area contributed by atoms with E-state index in [2.05, 4.69) is 32.3 Å². The van der Waals surface area contributed by atoms with Crippen molar-refractivity contribution >= 4 is 34.1 Å². The van der Waals surface area contributed by atoms with E-state index in [1.165, 1.54) is 38.5 Å². The first-order valence-corrected chi connectivity index (χ1v) is 12.5. The second-order valence-electron chi connectivity index (χ2n) is 9.43. The predicted molar refractivity (Wildman–Crippen MR) is 151 cm³/mol. The molecule has 11 heteroatoms. The number of non-ortho nitro benzene ring substituents is 1. The number of benzene rings is 3. The summed E-state index contributed by atoms with van der Waals surface area (Å²) in [6, 6.07) is 16.9. The van der Waals surface area contributed by atoms with E-state index in [9.17, 15) is 10.1 Å². The van der Waals surface area contributed by atoms with Gasteiger partial charge in [-0.15, -0.1) is 10.2 Å². The maximum atomic E-state index is 10.8. The summed E-state index contributed by atoms with van der Waals surface area (Å²) in [7, 11) is 3.04. The number of hydrogen-bond acceptors (Lipinski definition) is 10. The third-order valence-electron chi connectivity index (χ3n) is 5.58. The van der Waals surface area contributed by atoms with E-state index in [4.69, 9.17) is 14.2 Å². The summed E-state index contributed by atoms with van der Waals surface area (Å²) >= 11 is 0. The van der Waals surface area contributed by atoms with Gasteiger partial charge in [-0.05, 0) is 64.1 Å². The quantitative estimate of drug-likeness (QED) is 0.131. The molecule has 0 heterocycles. The number of hydrogen-bond donors (Lipinski definition) is 0. The maximum Gasteiger partial charge on any atom is 0.269 e. The van der Waals surface area contributed by atoms with Gasteiger partial charge in [-0.1, -0.05) is 0 Å². The zero-order valence-corrected chi connectivity index (χ0v) is 23.1. The molecule has 3 rings (SSSR count). The number of ether oxygens (including phenoxy) is 3. The molecule has 0 aliphatic carbocycles. The van der Waals surface area contributed by atoms with Crippen molar-refractivity contribution in [2.24, 2.45) is 20.5 Å². The Balaban J connectivity index is 1.75. The lowest BCUT2D eigenvalue weighted by Crippen LogP contribution is -2.30. The van der Waals surface area contributed by atoms with E-state index < -0.39 is 4.92 Å². The Morgan fingerprint density at radius 3 is 1.72 bits per heavy atom. The number of rotatable bonds is 12. The molecule has 0 unspecified atom stereocenters. The molecule has 3 aromatic carbocycles. The minimum atomic E-state index is -0.471. The number of nitro groups is 1. The van der Waals surface area contributed by atoms with E-state index in [1.807, 2.05) is 45.0 Å². The third-order valence-corrected chi connectivity index (χ3v) is 5.58. The van der Waals surface area contributed by atoms with Crippen molar-refractivity contribution in [1.29, 1.82) is 0 Å². The van der Waals surface area contributed by atoms with Crippen LogP contribution in [0.1, 0.15) is 27.7 Å². The zero-order valence-electron chi connectivity index (χ0n) is 23.1. The Kier molecular flexibility index (Phi) is 10.0. The van der Waals surface area contributed by atoms with Crippen LogP contribution in [0.5, 0.6) is 11.5 Å². The molecule has 0 aliphatic heterocycles. The van der Waals surface area contributed by atoms with Gasteiger partial charge in [-0.2, -0.15) is 10.2 Å². The van der Waals surface area contributed by atoms with Gasteiger partial charge in [-0.3, -0.25) is 10.1 Å². The summed E-state index contributed by atoms with van der Waals surface area (Å²) in [6.45, 7) is 10.6. The van der Waals surface area contributed by atoms with Crippen LogP contribution in [-0.4, -0.2) is 44.4 Å². The fourth-order valence-electron chi connectivity index (χ4n) is 3.55. The molecule has 39 heavy (non-hydrogen) atoms. The highest BCUT2D eigenvalue weighted by molar-refractivity contribution is 5.66. The second-order valence-corrected chi connectivity index (χ2v) is 9.43. The van der Waals surface area contributed by atoms with Gasteiger partial charge in [0.2, 0.25) is 0 Å². The smallest absolute Gasteiger partial charge is 0.269 e. The average molecular weight is 535 g/mol. The Morgan fingerprint density at radius 2 is 1.31 bits per heavy atom. The van der Waals surface area contributed by atoms with Gasteiger partial charge < -0.3 is 19.1 Å². The van der Waals surface area contributed by atoms with Crippen LogP contribution in [0.3, 0.4) is 0 Å². The first-order valence-electron chi connectivity index (χ1n) is 12.5. The van der Waals surface area contributed by atoms with Gasteiger partial charge in [-0.25, -0.2) is 0 Å². The average Bonchev–Trinajstić information content (AvgIpc) is 2.93. The second kappa shape index (κ2) is 13.4. The van der Waals surface area contributed by atoms with Crippen molar-refractivity contribution in [3.05, 3.63) is 70.8 Å². The molecule has 0 aromatic heterocycles. The number of methoxy groups -OCH3 is 2. The Morgan fingerprint density at radius 1 is 0.821 bits per heavy atom. The maximum absolute atomic E-state index is 10.8. The fraction of sp³-hybridized carbons (Fsp3) is 0.357. The van der Waals surface area contributed by atoms with Crippen molar-refractivity contribution < 1.29 is 19.1 Å². The van der Waals surface area contributed by atoms with E-state index in [0.717, 1.165) is 18.8 Å². The van der Waals surface area contributed by atoms with Crippen LogP contribution in [0.4, 0.5) is 34.1 Å². The summed E-state index contributed by atoms with van der Waals surface area (Å²) in [5.41, 5.74) is 2.90. The van der Waals surface area contributed by atoms with Gasteiger partial charge in [0.1, 0.15) is 22.9 Å². The number of nitro benzene ring substituents is 1. The molecule has 0 aliphatic rings. The molecule has 0 spiro atoms. The van der Waals surface area contributed by atoms with Crippen LogP contribution in [0.25, 0.3) is 0 Å². The SMILES string of the molecule is CCN(CCOC(C)(C)C)c1ccc(N=Nc2cc(OC)c(N=Nc3ccc([N+](=O)[O-])cc3)cc2OC)cc1. The van der Waals surface area contributed by atoms with E-state index in [1.54, 1.807) is 12.1 Å². The van der Waals surface area contributed by atoms with Gasteiger partial charge in [0.05, 0.1) is 42.7 Å². The molecule has 0 bridgehead atoms. The first kappa shape index (κ1) is 29.2. The van der Waals surface area contributed by atoms with E-state index >= 15 is 0 Å². The lowest BCUT2D eigenvalue weighted by atomic mass is 10.2. The van der Waals surface area contributed by atoms with Gasteiger partial charge in [0.25, 0.3) is 5.69 Å². The topological polar surface area (TPSA) is 124 Å². The largest absolute Gasteiger partial charge is 0.494 e. The highest BCUT2D eigenvalue weighted by atomic mass is 16.6. The van der Waals surface area contributed by atoms with E-state index in [-0.39, 0.29) is 11.3 Å². The highest BCUT2D eigenvalue weighted by Crippen LogP contribution is 2.41. The molecular formula is C28H34N6O5. The van der Waals surface area contributed by atoms with Gasteiger partial charge >= 0.3 is 0 Å². The van der Waals surface area contributed by atoms with Crippen molar-refractivity contribution in [2.75, 3.05) is 38.8 Å². The van der Waals surface area contributed by atoms with Crippen LogP contribution < -0.4 is 14.4 Å². The molecule has 0 N–H and O–H groups in total. The minimum absolute atomic E-state index is 0.0223. The molecular weight excluding hydrogens is 500 g/mol. The zero-order chi connectivity index (χ0) is 28.4. The molecule has 3 aromatic rings. The van der Waals surface area contributed by atoms with Crippen LogP contribution in [-0.2, 0) is 4.74 Å². The standard InChI is InChI=1S/C28H34N6O5/c1-7-33(16-17-39-28(2,3)4)22-12-8-20(9-13-22)29-31-24-18-27(38-6)25(19-26(24)37-5)32-30-21-10-14-23(15-11-21)34(35)36/h8-15,18-19H,7,16-17H2,1-6H3. The molecule has 0 saturated carbocycles. The van der Waals surface area contributed by atoms with Crippen molar-refractivity contribution in [2.45, 2.75) is 33.3 Å². The Bertz CT molecular complexity index is 1300. The molecule has 0 fully saturated rings. The first-order chi connectivity index (χ1) is 18.6. The third kappa shape index (κ3) is 8.57. The number of likely N-dealkylation sites (N-methyl/N-ethyl adjacent to an activating group) is 1. The fourth-order valence-corrected chi connectivity index (χ4v) is 3.55.